The van der Waals surface area contributed by atoms with Crippen LogP contribution in [0.4, 0.5) is 4.79 Å². The van der Waals surface area contributed by atoms with Crippen LogP contribution in [0.5, 0.6) is 0 Å². The number of nitrogens with zero attached hydrogens (tertiary/aromatic N) is 1. The molecule has 3 rings (SSSR count). The molecular weight excluding hydrogens is 376 g/mol. The Bertz CT molecular complexity index is 789. The molecule has 30 heavy (non-hydrogen) atoms. The molecule has 0 unspecified atom stereocenters. The molecule has 162 valence electrons. The van der Waals surface area contributed by atoms with Gasteiger partial charge >= 0.3 is 6.09 Å². The topological polar surface area (TPSA) is 61.8 Å². The summed E-state index contributed by atoms with van der Waals surface area (Å²) in [6.45, 7) is 7.90. The van der Waals surface area contributed by atoms with Crippen LogP contribution >= 0.6 is 0 Å². The lowest BCUT2D eigenvalue weighted by molar-refractivity contribution is 0.0379. The van der Waals surface area contributed by atoms with Gasteiger partial charge in [-0.25, -0.2) is 4.79 Å². The van der Waals surface area contributed by atoms with Crippen molar-refractivity contribution in [1.82, 2.24) is 10.2 Å². The molecule has 0 bridgehead atoms. The largest absolute Gasteiger partial charge is 0.444 e. The Morgan fingerprint density at radius 3 is 2.40 bits per heavy atom. The van der Waals surface area contributed by atoms with Crippen molar-refractivity contribution in [3.63, 3.8) is 0 Å². The van der Waals surface area contributed by atoms with Crippen LogP contribution in [-0.4, -0.2) is 53.5 Å². The molecule has 5 heteroatoms. The highest BCUT2D eigenvalue weighted by atomic mass is 16.6. The average Bonchev–Trinajstić information content (AvgIpc) is 3.16. The van der Waals surface area contributed by atoms with Crippen molar-refractivity contribution in [2.24, 2.45) is 0 Å². The number of carbonyl (C=O) groups is 1. The number of alkyl carbamates (subject to hydrolysis) is 1. The van der Waals surface area contributed by atoms with Crippen LogP contribution in [0, 0.1) is 0 Å². The Morgan fingerprint density at radius 2 is 1.77 bits per heavy atom. The molecule has 2 N–H and O–H groups in total. The summed E-state index contributed by atoms with van der Waals surface area (Å²) in [5, 5.41) is 13.9. The van der Waals surface area contributed by atoms with E-state index >= 15 is 0 Å². The van der Waals surface area contributed by atoms with E-state index in [2.05, 4.69) is 34.5 Å². The first-order valence-corrected chi connectivity index (χ1v) is 10.8. The van der Waals surface area contributed by atoms with Gasteiger partial charge in [0, 0.05) is 13.1 Å². The zero-order chi connectivity index (χ0) is 21.6. The zero-order valence-electron chi connectivity index (χ0n) is 18.3. The Labute approximate surface area is 180 Å². The Hall–Kier alpha value is -2.37. The predicted octanol–water partition coefficient (Wildman–Crippen LogP) is 3.97. The third-order valence-electron chi connectivity index (χ3n) is 5.45. The highest BCUT2D eigenvalue weighted by molar-refractivity contribution is 5.68. The normalized spacial score (nSPS) is 19.3. The van der Waals surface area contributed by atoms with E-state index in [1.54, 1.807) is 0 Å². The van der Waals surface area contributed by atoms with E-state index in [4.69, 9.17) is 4.74 Å². The Kier molecular flexibility index (Phi) is 7.51. The van der Waals surface area contributed by atoms with Crippen molar-refractivity contribution >= 4 is 6.09 Å². The van der Waals surface area contributed by atoms with Gasteiger partial charge in [0.15, 0.2) is 0 Å². The lowest BCUT2D eigenvalue weighted by Crippen LogP contribution is -2.50. The maximum atomic E-state index is 12.4. The molecule has 5 nitrogen and oxygen atoms in total. The van der Waals surface area contributed by atoms with Gasteiger partial charge in [0.25, 0.3) is 0 Å². The second-order valence-corrected chi connectivity index (χ2v) is 9.17. The molecule has 1 amide bonds. The molecule has 0 spiro atoms. The van der Waals surface area contributed by atoms with E-state index < -0.39 is 23.8 Å². The van der Waals surface area contributed by atoms with Gasteiger partial charge in [0.2, 0.25) is 0 Å². The van der Waals surface area contributed by atoms with Crippen molar-refractivity contribution in [2.75, 3.05) is 19.6 Å². The number of aliphatic hydroxyl groups is 1. The number of ether oxygens (including phenoxy) is 1. The Morgan fingerprint density at radius 1 is 1.13 bits per heavy atom. The highest BCUT2D eigenvalue weighted by Gasteiger charge is 2.30. The smallest absolute Gasteiger partial charge is 0.407 e. The molecule has 0 aromatic heterocycles. The van der Waals surface area contributed by atoms with Crippen LogP contribution in [0.25, 0.3) is 0 Å². The molecular formula is C25H34N2O3. The summed E-state index contributed by atoms with van der Waals surface area (Å²) in [6.07, 6.45) is 0.454. The monoisotopic (exact) mass is 410 g/mol. The van der Waals surface area contributed by atoms with Crippen LogP contribution in [0.2, 0.25) is 0 Å². The van der Waals surface area contributed by atoms with E-state index in [0.717, 1.165) is 25.1 Å². The maximum Gasteiger partial charge on any atom is 0.407 e. The fourth-order valence-corrected chi connectivity index (χ4v) is 4.00. The first-order valence-electron chi connectivity index (χ1n) is 10.8. The fourth-order valence-electron chi connectivity index (χ4n) is 4.00. The quantitative estimate of drug-likeness (QED) is 0.725. The minimum absolute atomic E-state index is 0.418. The summed E-state index contributed by atoms with van der Waals surface area (Å²) in [5.41, 5.74) is 1.84. The fraction of sp³-hybridized carbons (Fsp3) is 0.480. The average molecular weight is 411 g/mol. The minimum Gasteiger partial charge on any atom is -0.444 e. The van der Waals surface area contributed by atoms with Crippen molar-refractivity contribution in [3.8, 4) is 0 Å². The van der Waals surface area contributed by atoms with E-state index in [1.165, 1.54) is 5.56 Å². The molecule has 1 fully saturated rings. The number of nitrogens with one attached hydrogen (secondary N) is 1. The van der Waals surface area contributed by atoms with E-state index in [-0.39, 0.29) is 0 Å². The predicted molar refractivity (Wildman–Crippen MR) is 120 cm³/mol. The van der Waals surface area contributed by atoms with Crippen LogP contribution in [0.15, 0.2) is 60.7 Å². The number of hydrogen-bond acceptors (Lipinski definition) is 4. The Balaban J connectivity index is 1.62. The van der Waals surface area contributed by atoms with E-state index in [1.807, 2.05) is 57.2 Å². The summed E-state index contributed by atoms with van der Waals surface area (Å²) in [5.74, 6) is 0.491. The van der Waals surface area contributed by atoms with Gasteiger partial charge in [0.1, 0.15) is 5.60 Å². The van der Waals surface area contributed by atoms with Crippen LogP contribution in [-0.2, 0) is 11.2 Å². The van der Waals surface area contributed by atoms with Gasteiger partial charge in [-0.2, -0.15) is 0 Å². The van der Waals surface area contributed by atoms with E-state index in [9.17, 15) is 9.90 Å². The maximum absolute atomic E-state index is 12.4. The number of β-amino-alcohol motifs (C(OH)–C–C–N with tert-alkyl or cyclic N) is 1. The van der Waals surface area contributed by atoms with Crippen molar-refractivity contribution in [2.45, 2.75) is 57.3 Å². The number of rotatable bonds is 7. The third kappa shape index (κ3) is 6.85. The minimum atomic E-state index is -0.688. The third-order valence-corrected chi connectivity index (χ3v) is 5.45. The molecule has 1 aliphatic rings. The summed E-state index contributed by atoms with van der Waals surface area (Å²) in [7, 11) is 0. The second kappa shape index (κ2) is 10.1. The molecule has 1 heterocycles. The summed E-state index contributed by atoms with van der Waals surface area (Å²) >= 11 is 0. The van der Waals surface area contributed by atoms with Gasteiger partial charge < -0.3 is 20.1 Å². The standard InChI is InChI=1S/C25H34N2O3/c1-25(2,3)30-24(29)26-22(16-19-10-6-4-7-11-19)23(28)18-27-15-14-21(17-27)20-12-8-5-9-13-20/h4-13,21-23,28H,14-18H2,1-3H3,(H,26,29)/t21-,22+,23-/m0/s1. The van der Waals surface area contributed by atoms with Gasteiger partial charge in [-0.15, -0.1) is 0 Å². The lowest BCUT2D eigenvalue weighted by atomic mass is 9.98. The second-order valence-electron chi connectivity index (χ2n) is 9.17. The van der Waals surface area contributed by atoms with Crippen molar-refractivity contribution in [3.05, 3.63) is 71.8 Å². The summed E-state index contributed by atoms with van der Waals surface area (Å²) in [6, 6.07) is 20.0. The number of likely N-dealkylation sites (tertiary alicyclic amines) is 1. The molecule has 0 saturated carbocycles. The van der Waals surface area contributed by atoms with Gasteiger partial charge in [-0.1, -0.05) is 60.7 Å². The highest BCUT2D eigenvalue weighted by Crippen LogP contribution is 2.27. The van der Waals surface area contributed by atoms with Gasteiger partial charge in [-0.3, -0.25) is 0 Å². The molecule has 2 aromatic carbocycles. The van der Waals surface area contributed by atoms with Gasteiger partial charge in [0.05, 0.1) is 12.1 Å². The zero-order valence-corrected chi connectivity index (χ0v) is 18.3. The molecule has 1 saturated heterocycles. The van der Waals surface area contributed by atoms with Crippen molar-refractivity contribution < 1.29 is 14.6 Å². The lowest BCUT2D eigenvalue weighted by Gasteiger charge is -2.29. The van der Waals surface area contributed by atoms with Crippen LogP contribution in [0.1, 0.15) is 44.2 Å². The SMILES string of the molecule is CC(C)(C)OC(=O)N[C@H](Cc1ccccc1)[C@@H](O)CN1CC[C@H](c2ccccc2)C1. The summed E-state index contributed by atoms with van der Waals surface area (Å²) in [4.78, 5) is 14.7. The number of hydrogen-bond donors (Lipinski definition) is 2. The molecule has 0 radical (unpaired) electrons. The number of carbonyl (C=O) groups excluding carboxylic acids is 1. The first kappa shape index (κ1) is 22.3. The van der Waals surface area contributed by atoms with E-state index in [0.29, 0.717) is 18.9 Å². The van der Waals surface area contributed by atoms with Crippen LogP contribution in [0.3, 0.4) is 0 Å². The number of amides is 1. The van der Waals surface area contributed by atoms with Gasteiger partial charge in [-0.05, 0) is 57.2 Å². The summed E-state index contributed by atoms with van der Waals surface area (Å²) < 4.78 is 5.43. The number of benzene rings is 2. The molecule has 1 aliphatic heterocycles. The molecule has 0 aliphatic carbocycles. The van der Waals surface area contributed by atoms with Crippen LogP contribution < -0.4 is 5.32 Å². The molecule has 2 aromatic rings. The number of aliphatic hydroxyl groups excluding tert-OH is 1. The van der Waals surface area contributed by atoms with Crippen molar-refractivity contribution in [1.29, 1.82) is 0 Å². The molecule has 3 atom stereocenters. The first-order chi connectivity index (χ1) is 14.3.